The van der Waals surface area contributed by atoms with E-state index < -0.39 is 0 Å². The molecule has 3 rings (SSSR count). The molecule has 2 aromatic rings. The molecule has 1 saturated heterocycles. The number of carbonyl (C=O) groups excluding carboxylic acids is 2. The van der Waals surface area contributed by atoms with Gasteiger partial charge in [-0.05, 0) is 49.6 Å². The zero-order valence-electron chi connectivity index (χ0n) is 18.3. The Morgan fingerprint density at radius 3 is 2.35 bits per heavy atom. The summed E-state index contributed by atoms with van der Waals surface area (Å²) in [5, 5.41) is 0. The summed E-state index contributed by atoms with van der Waals surface area (Å²) in [6, 6.07) is 12.6. The Bertz CT molecular complexity index is 1000. The topological polar surface area (TPSA) is 71.8 Å². The summed E-state index contributed by atoms with van der Waals surface area (Å²) in [7, 11) is 3.92. The molecule has 0 saturated carbocycles. The van der Waals surface area contributed by atoms with Crippen molar-refractivity contribution in [3.8, 4) is 0 Å². The van der Waals surface area contributed by atoms with Crippen LogP contribution in [-0.4, -0.2) is 55.1 Å². The lowest BCUT2D eigenvalue weighted by Gasteiger charge is -2.31. The fraction of sp³-hybridized carbons (Fsp3) is 0.375. The molecule has 7 heteroatoms. The molecular weight excluding hydrogens is 394 g/mol. The van der Waals surface area contributed by atoms with Crippen LogP contribution in [0.5, 0.6) is 0 Å². The lowest BCUT2D eigenvalue weighted by Crippen LogP contribution is -2.42. The number of benzene rings is 1. The van der Waals surface area contributed by atoms with E-state index in [-0.39, 0.29) is 29.1 Å². The Hall–Kier alpha value is -3.35. The highest BCUT2D eigenvalue weighted by atomic mass is 16.5. The number of hydrogen-bond acceptors (Lipinski definition) is 5. The molecule has 31 heavy (non-hydrogen) atoms. The SMILES string of the molecule is CCOC(=O)C1CCN(C(=O)C(=Cc2ccc(N(C)C)cc2)n2ccccc2=O)CC1. The van der Waals surface area contributed by atoms with Gasteiger partial charge in [-0.1, -0.05) is 18.2 Å². The zero-order chi connectivity index (χ0) is 22.4. The van der Waals surface area contributed by atoms with Crippen LogP contribution in [0.3, 0.4) is 0 Å². The minimum atomic E-state index is -0.270. The highest BCUT2D eigenvalue weighted by molar-refractivity contribution is 6.18. The van der Waals surface area contributed by atoms with Crippen LogP contribution < -0.4 is 10.5 Å². The van der Waals surface area contributed by atoms with Crippen molar-refractivity contribution in [3.63, 3.8) is 0 Å². The number of carbonyl (C=O) groups is 2. The van der Waals surface area contributed by atoms with Crippen molar-refractivity contribution in [1.82, 2.24) is 9.47 Å². The first-order valence-corrected chi connectivity index (χ1v) is 10.5. The number of nitrogens with zero attached hydrogens (tertiary/aromatic N) is 3. The number of ether oxygens (including phenoxy) is 1. The van der Waals surface area contributed by atoms with Crippen LogP contribution in [0.2, 0.25) is 0 Å². The molecule has 2 heterocycles. The summed E-state index contributed by atoms with van der Waals surface area (Å²) in [6.07, 6.45) is 4.45. The molecule has 0 N–H and O–H groups in total. The van der Waals surface area contributed by atoms with Crippen LogP contribution in [0, 0.1) is 5.92 Å². The number of amides is 1. The third kappa shape index (κ3) is 5.42. The molecular formula is C24H29N3O4. The number of likely N-dealkylation sites (tertiary alicyclic amines) is 1. The summed E-state index contributed by atoms with van der Waals surface area (Å²) < 4.78 is 6.49. The molecule has 1 aromatic carbocycles. The Balaban J connectivity index is 1.87. The maximum absolute atomic E-state index is 13.4. The summed E-state index contributed by atoms with van der Waals surface area (Å²) in [6.45, 7) is 3.03. The minimum Gasteiger partial charge on any atom is -0.466 e. The van der Waals surface area contributed by atoms with Crippen LogP contribution in [0.25, 0.3) is 11.8 Å². The molecule has 164 valence electrons. The second kappa shape index (κ2) is 10.1. The second-order valence-corrected chi connectivity index (χ2v) is 7.74. The molecule has 1 aliphatic heterocycles. The second-order valence-electron chi connectivity index (χ2n) is 7.74. The first kappa shape index (κ1) is 22.3. The average Bonchev–Trinajstić information content (AvgIpc) is 2.78. The van der Waals surface area contributed by atoms with Gasteiger partial charge < -0.3 is 14.5 Å². The van der Waals surface area contributed by atoms with Gasteiger partial charge in [-0.3, -0.25) is 19.0 Å². The Kier molecular flexibility index (Phi) is 7.28. The molecule has 0 unspecified atom stereocenters. The van der Waals surface area contributed by atoms with Crippen LogP contribution in [0.1, 0.15) is 25.3 Å². The lowest BCUT2D eigenvalue weighted by atomic mass is 9.96. The molecule has 0 radical (unpaired) electrons. The number of hydrogen-bond donors (Lipinski definition) is 0. The monoisotopic (exact) mass is 423 g/mol. The van der Waals surface area contributed by atoms with E-state index in [1.807, 2.05) is 43.3 Å². The molecule has 1 amide bonds. The molecule has 0 aliphatic carbocycles. The van der Waals surface area contributed by atoms with E-state index in [1.165, 1.54) is 10.6 Å². The van der Waals surface area contributed by atoms with Crippen molar-refractivity contribution in [3.05, 3.63) is 64.6 Å². The molecule has 0 spiro atoms. The average molecular weight is 424 g/mol. The largest absolute Gasteiger partial charge is 0.466 e. The first-order chi connectivity index (χ1) is 14.9. The molecule has 0 atom stereocenters. The van der Waals surface area contributed by atoms with E-state index in [1.54, 1.807) is 36.2 Å². The first-order valence-electron chi connectivity index (χ1n) is 10.5. The van der Waals surface area contributed by atoms with Gasteiger partial charge in [0.15, 0.2) is 0 Å². The molecule has 0 bridgehead atoms. The standard InChI is InChI=1S/C24H29N3O4/c1-4-31-24(30)19-12-15-26(16-13-19)23(29)21(27-14-6-5-7-22(27)28)17-18-8-10-20(11-9-18)25(2)3/h5-11,14,17,19H,4,12-13,15-16H2,1-3H3. The third-order valence-electron chi connectivity index (χ3n) is 5.42. The van der Waals surface area contributed by atoms with E-state index in [9.17, 15) is 14.4 Å². The smallest absolute Gasteiger partial charge is 0.309 e. The van der Waals surface area contributed by atoms with Crippen molar-refractivity contribution in [2.24, 2.45) is 5.92 Å². The maximum Gasteiger partial charge on any atom is 0.309 e. The van der Waals surface area contributed by atoms with Gasteiger partial charge in [-0.2, -0.15) is 0 Å². The number of anilines is 1. The molecule has 7 nitrogen and oxygen atoms in total. The maximum atomic E-state index is 13.4. The fourth-order valence-electron chi connectivity index (χ4n) is 3.63. The minimum absolute atomic E-state index is 0.186. The van der Waals surface area contributed by atoms with Crippen LogP contribution in [-0.2, 0) is 14.3 Å². The zero-order valence-corrected chi connectivity index (χ0v) is 18.3. The highest BCUT2D eigenvalue weighted by Crippen LogP contribution is 2.22. The number of esters is 1. The summed E-state index contributed by atoms with van der Waals surface area (Å²) >= 11 is 0. The van der Waals surface area contributed by atoms with Crippen molar-refractivity contribution in [2.45, 2.75) is 19.8 Å². The van der Waals surface area contributed by atoms with Gasteiger partial charge in [-0.25, -0.2) is 0 Å². The summed E-state index contributed by atoms with van der Waals surface area (Å²) in [5.74, 6) is -0.618. The van der Waals surface area contributed by atoms with Crippen molar-refractivity contribution >= 4 is 29.3 Å². The number of rotatable bonds is 6. The third-order valence-corrected chi connectivity index (χ3v) is 5.42. The van der Waals surface area contributed by atoms with E-state index in [0.29, 0.717) is 32.5 Å². The van der Waals surface area contributed by atoms with E-state index in [4.69, 9.17) is 4.74 Å². The number of piperidine rings is 1. The van der Waals surface area contributed by atoms with Gasteiger partial charge in [0.05, 0.1) is 12.5 Å². The van der Waals surface area contributed by atoms with Crippen LogP contribution in [0.15, 0.2) is 53.5 Å². The van der Waals surface area contributed by atoms with Crippen LogP contribution in [0.4, 0.5) is 5.69 Å². The van der Waals surface area contributed by atoms with Gasteiger partial charge in [0.2, 0.25) is 0 Å². The Morgan fingerprint density at radius 2 is 1.77 bits per heavy atom. The van der Waals surface area contributed by atoms with Crippen molar-refractivity contribution in [1.29, 1.82) is 0 Å². The van der Waals surface area contributed by atoms with Crippen molar-refractivity contribution in [2.75, 3.05) is 38.7 Å². The van der Waals surface area contributed by atoms with Gasteiger partial charge >= 0.3 is 5.97 Å². The quantitative estimate of drug-likeness (QED) is 0.528. The fourth-order valence-corrected chi connectivity index (χ4v) is 3.63. The van der Waals surface area contributed by atoms with Crippen LogP contribution >= 0.6 is 0 Å². The molecule has 1 aliphatic rings. The van der Waals surface area contributed by atoms with Gasteiger partial charge in [0.1, 0.15) is 5.70 Å². The number of aromatic nitrogens is 1. The van der Waals surface area contributed by atoms with E-state index in [2.05, 4.69) is 0 Å². The lowest BCUT2D eigenvalue weighted by molar-refractivity contribution is -0.150. The normalized spacial score (nSPS) is 14.9. The summed E-state index contributed by atoms with van der Waals surface area (Å²) in [5.41, 5.74) is 1.89. The Labute approximate surface area is 182 Å². The van der Waals surface area contributed by atoms with Gasteiger partial charge in [-0.15, -0.1) is 0 Å². The van der Waals surface area contributed by atoms with Crippen molar-refractivity contribution < 1.29 is 14.3 Å². The Morgan fingerprint density at radius 1 is 1.10 bits per heavy atom. The van der Waals surface area contributed by atoms with E-state index >= 15 is 0 Å². The molecule has 1 fully saturated rings. The summed E-state index contributed by atoms with van der Waals surface area (Å²) in [4.78, 5) is 41.6. The van der Waals surface area contributed by atoms with Gasteiger partial charge in [0, 0.05) is 45.1 Å². The number of pyridine rings is 1. The predicted molar refractivity (Wildman–Crippen MR) is 122 cm³/mol. The highest BCUT2D eigenvalue weighted by Gasteiger charge is 2.30. The van der Waals surface area contributed by atoms with E-state index in [0.717, 1.165) is 11.3 Å². The molecule has 1 aromatic heterocycles. The predicted octanol–water partition coefficient (Wildman–Crippen LogP) is 2.71. The van der Waals surface area contributed by atoms with Gasteiger partial charge in [0.25, 0.3) is 11.5 Å².